The highest BCUT2D eigenvalue weighted by Crippen LogP contribution is 2.24. The molecule has 0 aliphatic carbocycles. The topological polar surface area (TPSA) is 109 Å². The van der Waals surface area contributed by atoms with Crippen LogP contribution in [0.25, 0.3) is 5.65 Å². The second kappa shape index (κ2) is 8.19. The second-order valence-electron chi connectivity index (χ2n) is 6.63. The molecule has 4 aromatic rings. The number of nitrogens with zero attached hydrogens (tertiary/aromatic N) is 4. The number of ether oxygens (including phenoxy) is 1. The number of carbonyl (C=O) groups is 1. The van der Waals surface area contributed by atoms with Gasteiger partial charge in [0.1, 0.15) is 0 Å². The summed E-state index contributed by atoms with van der Waals surface area (Å²) >= 11 is 0. The number of benzene rings is 1. The van der Waals surface area contributed by atoms with Crippen LogP contribution in [0.15, 0.2) is 42.9 Å². The van der Waals surface area contributed by atoms with E-state index in [1.165, 1.54) is 26.3 Å². The van der Waals surface area contributed by atoms with E-state index in [2.05, 4.69) is 30.9 Å². The van der Waals surface area contributed by atoms with Crippen LogP contribution in [-0.4, -0.2) is 44.9 Å². The third-order valence-electron chi connectivity index (χ3n) is 4.67. The molecule has 3 heterocycles. The number of halogens is 1. The van der Waals surface area contributed by atoms with Crippen molar-refractivity contribution in [2.45, 2.75) is 12.8 Å². The molecule has 1 aromatic carbocycles. The molecule has 4 rings (SSSR count). The van der Waals surface area contributed by atoms with Gasteiger partial charge in [0.05, 0.1) is 19.0 Å². The SMILES string of the molecule is CNC(=O)c1cc(CCc2cnc(Nc3ccc4n[nH]n4c3)nc2)c(F)c(OC)c1. The van der Waals surface area contributed by atoms with Crippen molar-refractivity contribution in [3.63, 3.8) is 0 Å². The number of aryl methyl sites for hydroxylation is 2. The minimum absolute atomic E-state index is 0.0422. The van der Waals surface area contributed by atoms with Crippen LogP contribution in [0.1, 0.15) is 21.5 Å². The smallest absolute Gasteiger partial charge is 0.251 e. The van der Waals surface area contributed by atoms with Crippen molar-refractivity contribution in [3.8, 4) is 5.75 Å². The lowest BCUT2D eigenvalue weighted by atomic mass is 10.0. The molecule has 0 saturated carbocycles. The Bertz CT molecular complexity index is 1180. The summed E-state index contributed by atoms with van der Waals surface area (Å²) in [4.78, 5) is 20.6. The number of aromatic nitrogens is 5. The molecule has 0 fully saturated rings. The first-order valence-electron chi connectivity index (χ1n) is 9.26. The molecule has 30 heavy (non-hydrogen) atoms. The van der Waals surface area contributed by atoms with Crippen LogP contribution in [0, 0.1) is 5.82 Å². The van der Waals surface area contributed by atoms with Crippen LogP contribution < -0.4 is 15.4 Å². The molecule has 3 aromatic heterocycles. The number of hydrogen-bond acceptors (Lipinski definition) is 6. The highest BCUT2D eigenvalue weighted by Gasteiger charge is 2.15. The first-order chi connectivity index (χ1) is 14.6. The standard InChI is InChI=1S/C20H20FN7O2/c1-22-19(29)14-7-13(18(21)16(8-14)30-2)4-3-12-9-23-20(24-10-12)25-15-5-6-17-26-27-28(17)11-15/h5-11,27H,3-4H2,1-2H3,(H,22,29)(H,23,24,25). The molecule has 0 saturated heterocycles. The van der Waals surface area contributed by atoms with Crippen LogP contribution in [0.5, 0.6) is 5.75 Å². The monoisotopic (exact) mass is 409 g/mol. The van der Waals surface area contributed by atoms with E-state index in [9.17, 15) is 9.18 Å². The van der Waals surface area contributed by atoms with E-state index in [1.807, 2.05) is 18.3 Å². The van der Waals surface area contributed by atoms with Gasteiger partial charge < -0.3 is 15.4 Å². The van der Waals surface area contributed by atoms with Crippen molar-refractivity contribution >= 4 is 23.2 Å². The predicted molar refractivity (Wildman–Crippen MR) is 109 cm³/mol. The van der Waals surface area contributed by atoms with Gasteiger partial charge in [0.15, 0.2) is 17.2 Å². The van der Waals surface area contributed by atoms with E-state index < -0.39 is 5.82 Å². The number of H-pyrrole nitrogens is 1. The summed E-state index contributed by atoms with van der Waals surface area (Å²) in [5.41, 5.74) is 3.24. The molecule has 0 radical (unpaired) electrons. The lowest BCUT2D eigenvalue weighted by molar-refractivity contribution is 0.0962. The quantitative estimate of drug-likeness (QED) is 0.433. The highest BCUT2D eigenvalue weighted by atomic mass is 19.1. The van der Waals surface area contributed by atoms with Crippen molar-refractivity contribution in [2.24, 2.45) is 0 Å². The number of methoxy groups -OCH3 is 1. The summed E-state index contributed by atoms with van der Waals surface area (Å²) in [5, 5.41) is 12.4. The third-order valence-corrected chi connectivity index (χ3v) is 4.67. The number of anilines is 2. The van der Waals surface area contributed by atoms with Crippen LogP contribution in [-0.2, 0) is 12.8 Å². The average Bonchev–Trinajstić information content (AvgIpc) is 2.75. The first kappa shape index (κ1) is 19.4. The van der Waals surface area contributed by atoms with Gasteiger partial charge in [0, 0.05) is 25.0 Å². The van der Waals surface area contributed by atoms with Gasteiger partial charge in [-0.2, -0.15) is 0 Å². The summed E-state index contributed by atoms with van der Waals surface area (Å²) in [7, 11) is 2.90. The lowest BCUT2D eigenvalue weighted by Gasteiger charge is -2.11. The molecule has 10 heteroatoms. The molecule has 1 amide bonds. The highest BCUT2D eigenvalue weighted by molar-refractivity contribution is 5.94. The van der Waals surface area contributed by atoms with Gasteiger partial charge in [-0.05, 0) is 48.2 Å². The Kier molecular flexibility index (Phi) is 5.29. The maximum Gasteiger partial charge on any atom is 0.251 e. The Hall–Kier alpha value is -3.95. The van der Waals surface area contributed by atoms with E-state index >= 15 is 0 Å². The molecule has 0 bridgehead atoms. The molecule has 9 nitrogen and oxygen atoms in total. The lowest BCUT2D eigenvalue weighted by Crippen LogP contribution is -2.18. The van der Waals surface area contributed by atoms with Crippen molar-refractivity contribution in [2.75, 3.05) is 19.5 Å². The number of hydrogen-bond donors (Lipinski definition) is 3. The molecule has 0 spiro atoms. The molecule has 0 aliphatic heterocycles. The Morgan fingerprint density at radius 3 is 2.67 bits per heavy atom. The third kappa shape index (κ3) is 3.93. The Morgan fingerprint density at radius 2 is 2.03 bits per heavy atom. The Morgan fingerprint density at radius 1 is 1.23 bits per heavy atom. The van der Waals surface area contributed by atoms with Crippen molar-refractivity contribution in [1.82, 2.24) is 30.1 Å². The fraction of sp³-hybridized carbons (Fsp3) is 0.200. The normalized spacial score (nSPS) is 10.9. The van der Waals surface area contributed by atoms with Gasteiger partial charge in [0.25, 0.3) is 5.91 Å². The zero-order valence-corrected chi connectivity index (χ0v) is 16.4. The van der Waals surface area contributed by atoms with E-state index in [0.717, 1.165) is 16.9 Å². The van der Waals surface area contributed by atoms with Crippen LogP contribution in [0.4, 0.5) is 16.0 Å². The summed E-state index contributed by atoms with van der Waals surface area (Å²) < 4.78 is 21.4. The second-order valence-corrected chi connectivity index (χ2v) is 6.63. The van der Waals surface area contributed by atoms with Crippen molar-refractivity contribution in [1.29, 1.82) is 0 Å². The molecule has 0 aliphatic rings. The fourth-order valence-electron chi connectivity index (χ4n) is 3.02. The van der Waals surface area contributed by atoms with Crippen LogP contribution >= 0.6 is 0 Å². The molecule has 3 N–H and O–H groups in total. The minimum Gasteiger partial charge on any atom is -0.494 e. The van der Waals surface area contributed by atoms with Gasteiger partial charge in [-0.1, -0.05) is 0 Å². The van der Waals surface area contributed by atoms with Gasteiger partial charge in [-0.25, -0.2) is 24.1 Å². The van der Waals surface area contributed by atoms with E-state index in [-0.39, 0.29) is 11.7 Å². The minimum atomic E-state index is -0.470. The average molecular weight is 409 g/mol. The number of amides is 1. The molecular weight excluding hydrogens is 389 g/mol. The van der Waals surface area contributed by atoms with Gasteiger partial charge in [-0.3, -0.25) is 4.79 Å². The van der Waals surface area contributed by atoms with E-state index in [4.69, 9.17) is 4.74 Å². The number of carbonyl (C=O) groups excluding carboxylic acids is 1. The molecular formula is C20H20FN7O2. The largest absolute Gasteiger partial charge is 0.494 e. The predicted octanol–water partition coefficient (Wildman–Crippen LogP) is 2.49. The zero-order chi connectivity index (χ0) is 21.1. The zero-order valence-electron chi connectivity index (χ0n) is 16.4. The summed E-state index contributed by atoms with van der Waals surface area (Å²) in [6.45, 7) is 0. The van der Waals surface area contributed by atoms with E-state index in [0.29, 0.717) is 29.9 Å². The number of rotatable bonds is 7. The first-order valence-corrected chi connectivity index (χ1v) is 9.26. The summed E-state index contributed by atoms with van der Waals surface area (Å²) in [6.07, 6.45) is 6.11. The molecule has 0 atom stereocenters. The molecule has 0 unspecified atom stereocenters. The van der Waals surface area contributed by atoms with Crippen LogP contribution in [0.2, 0.25) is 0 Å². The fourth-order valence-corrected chi connectivity index (χ4v) is 3.02. The van der Waals surface area contributed by atoms with Crippen LogP contribution in [0.3, 0.4) is 0 Å². The Balaban J connectivity index is 1.44. The maximum absolute atomic E-state index is 14.6. The van der Waals surface area contributed by atoms with Crippen molar-refractivity contribution in [3.05, 3.63) is 65.4 Å². The summed E-state index contributed by atoms with van der Waals surface area (Å²) in [6, 6.07) is 6.67. The van der Waals surface area contributed by atoms with E-state index in [1.54, 1.807) is 16.9 Å². The van der Waals surface area contributed by atoms with Gasteiger partial charge >= 0.3 is 0 Å². The Labute approximate surface area is 171 Å². The number of pyridine rings is 1. The van der Waals surface area contributed by atoms with Gasteiger partial charge in [0.2, 0.25) is 5.95 Å². The van der Waals surface area contributed by atoms with Crippen molar-refractivity contribution < 1.29 is 13.9 Å². The molecule has 154 valence electrons. The number of nitrogens with one attached hydrogen (secondary N) is 3. The summed E-state index contributed by atoms with van der Waals surface area (Å²) in [5.74, 6) is -0.278. The maximum atomic E-state index is 14.6. The number of aromatic amines is 1. The number of fused-ring (bicyclic) bond motifs is 1. The van der Waals surface area contributed by atoms with Gasteiger partial charge in [-0.15, -0.1) is 5.10 Å².